The van der Waals surface area contributed by atoms with Crippen molar-refractivity contribution >= 4 is 28.7 Å². The first kappa shape index (κ1) is 18.0. The van der Waals surface area contributed by atoms with Crippen molar-refractivity contribution in [1.29, 1.82) is 0 Å². The van der Waals surface area contributed by atoms with Crippen molar-refractivity contribution in [2.45, 2.75) is 12.6 Å². The molecule has 0 amide bonds. The lowest BCUT2D eigenvalue weighted by Gasteiger charge is -2.28. The zero-order chi connectivity index (χ0) is 18.8. The molecule has 1 fully saturated rings. The van der Waals surface area contributed by atoms with E-state index in [1.807, 2.05) is 0 Å². The van der Waals surface area contributed by atoms with Crippen molar-refractivity contribution in [3.63, 3.8) is 0 Å². The lowest BCUT2D eigenvalue weighted by atomic mass is 10.2. The first-order chi connectivity index (χ1) is 13.1. The molecule has 0 spiro atoms. The monoisotopic (exact) mass is 390 g/mol. The van der Waals surface area contributed by atoms with Gasteiger partial charge in [0.25, 0.3) is 0 Å². The maximum atomic E-state index is 10.5. The molecule has 27 heavy (non-hydrogen) atoms. The molecule has 0 aromatic carbocycles. The molecule has 0 radical (unpaired) electrons. The number of anilines is 1. The summed E-state index contributed by atoms with van der Waals surface area (Å²) in [7, 11) is 0. The van der Waals surface area contributed by atoms with Crippen LogP contribution in [-0.2, 0) is 11.3 Å². The predicted molar refractivity (Wildman–Crippen MR) is 99.0 cm³/mol. The number of aromatic nitrogens is 6. The molecule has 11 heteroatoms. The van der Waals surface area contributed by atoms with Gasteiger partial charge in [-0.3, -0.25) is 4.90 Å². The highest BCUT2D eigenvalue weighted by molar-refractivity contribution is 6.28. The van der Waals surface area contributed by atoms with E-state index in [9.17, 15) is 5.11 Å². The minimum atomic E-state index is -0.572. The fourth-order valence-corrected chi connectivity index (χ4v) is 3.24. The van der Waals surface area contributed by atoms with E-state index in [2.05, 4.69) is 29.8 Å². The Bertz CT molecular complexity index is 926. The van der Waals surface area contributed by atoms with E-state index in [-0.39, 0.29) is 11.2 Å². The first-order valence-electron chi connectivity index (χ1n) is 8.54. The van der Waals surface area contributed by atoms with E-state index >= 15 is 0 Å². The van der Waals surface area contributed by atoms with Crippen molar-refractivity contribution < 1.29 is 9.84 Å². The van der Waals surface area contributed by atoms with Crippen LogP contribution in [0.4, 0.5) is 5.95 Å². The quantitative estimate of drug-likeness (QED) is 0.587. The minimum absolute atomic E-state index is 0.0822. The number of nitrogens with two attached hydrogens (primary N) is 1. The number of aliphatic hydroxyl groups is 1. The number of hydrogen-bond acceptors (Lipinski definition) is 9. The largest absolute Gasteiger partial charge is 0.390 e. The number of nitrogen functional groups attached to an aromatic ring is 1. The van der Waals surface area contributed by atoms with Gasteiger partial charge >= 0.3 is 0 Å². The number of morpholine rings is 1. The second-order valence-electron chi connectivity index (χ2n) is 6.31. The first-order valence-corrected chi connectivity index (χ1v) is 8.92. The SMILES string of the molecule is Nc1ncc(-c2nc(Cl)nc3c2ncn3CC(O)CN2CCOCC2)cn1. The Morgan fingerprint density at radius 2 is 1.89 bits per heavy atom. The smallest absolute Gasteiger partial charge is 0.225 e. The highest BCUT2D eigenvalue weighted by atomic mass is 35.5. The van der Waals surface area contributed by atoms with Gasteiger partial charge in [-0.05, 0) is 11.6 Å². The number of β-amino-alcohol motifs (C(OH)–C–C–N with tert-alkyl or cyclic N) is 1. The van der Waals surface area contributed by atoms with Gasteiger partial charge in [0.1, 0.15) is 11.2 Å². The van der Waals surface area contributed by atoms with Crippen LogP contribution in [0.1, 0.15) is 0 Å². The summed E-state index contributed by atoms with van der Waals surface area (Å²) in [6, 6.07) is 0. The summed E-state index contributed by atoms with van der Waals surface area (Å²) in [4.78, 5) is 23.1. The maximum Gasteiger partial charge on any atom is 0.225 e. The average molecular weight is 391 g/mol. The maximum absolute atomic E-state index is 10.5. The number of aliphatic hydroxyl groups excluding tert-OH is 1. The lowest BCUT2D eigenvalue weighted by Crippen LogP contribution is -2.41. The minimum Gasteiger partial charge on any atom is -0.390 e. The van der Waals surface area contributed by atoms with Gasteiger partial charge in [-0.15, -0.1) is 0 Å². The van der Waals surface area contributed by atoms with Crippen LogP contribution in [0.3, 0.4) is 0 Å². The average Bonchev–Trinajstić information content (AvgIpc) is 3.05. The van der Waals surface area contributed by atoms with Crippen LogP contribution in [0.15, 0.2) is 18.7 Å². The second-order valence-corrected chi connectivity index (χ2v) is 6.65. The van der Waals surface area contributed by atoms with Gasteiger partial charge < -0.3 is 20.1 Å². The van der Waals surface area contributed by atoms with E-state index in [1.54, 1.807) is 23.3 Å². The van der Waals surface area contributed by atoms with E-state index in [4.69, 9.17) is 22.1 Å². The van der Waals surface area contributed by atoms with Crippen LogP contribution in [-0.4, -0.2) is 78.4 Å². The van der Waals surface area contributed by atoms with Crippen LogP contribution in [0.5, 0.6) is 0 Å². The molecule has 1 aliphatic rings. The Labute approximate surface area is 160 Å². The number of nitrogens with zero attached hydrogens (tertiary/aromatic N) is 7. The lowest BCUT2D eigenvalue weighted by molar-refractivity contribution is 0.0117. The molecule has 4 rings (SSSR count). The summed E-state index contributed by atoms with van der Waals surface area (Å²) in [6.07, 6.45) is 4.18. The van der Waals surface area contributed by atoms with Crippen LogP contribution in [0.25, 0.3) is 22.4 Å². The third-order valence-electron chi connectivity index (χ3n) is 4.36. The number of ether oxygens (including phenoxy) is 1. The zero-order valence-electron chi connectivity index (χ0n) is 14.5. The van der Waals surface area contributed by atoms with Crippen LogP contribution >= 0.6 is 11.6 Å². The topological polar surface area (TPSA) is 128 Å². The summed E-state index contributed by atoms with van der Waals surface area (Å²) < 4.78 is 7.11. The molecule has 1 atom stereocenters. The van der Waals surface area contributed by atoms with Crippen molar-refractivity contribution in [3.05, 3.63) is 24.0 Å². The highest BCUT2D eigenvalue weighted by Gasteiger charge is 2.19. The summed E-state index contributed by atoms with van der Waals surface area (Å²) in [5, 5.41) is 10.6. The Kier molecular flexibility index (Phi) is 5.12. The van der Waals surface area contributed by atoms with E-state index < -0.39 is 6.10 Å². The molecule has 1 unspecified atom stereocenters. The van der Waals surface area contributed by atoms with Crippen molar-refractivity contribution in [1.82, 2.24) is 34.4 Å². The van der Waals surface area contributed by atoms with Crippen molar-refractivity contribution in [2.75, 3.05) is 38.6 Å². The van der Waals surface area contributed by atoms with Crippen LogP contribution < -0.4 is 5.73 Å². The van der Waals surface area contributed by atoms with Gasteiger partial charge in [0, 0.05) is 37.6 Å². The molecule has 4 heterocycles. The molecule has 0 saturated carbocycles. The molecule has 1 saturated heterocycles. The fourth-order valence-electron chi connectivity index (χ4n) is 3.08. The Hall–Kier alpha value is -2.40. The van der Waals surface area contributed by atoms with Gasteiger partial charge in [-0.2, -0.15) is 4.98 Å². The third-order valence-corrected chi connectivity index (χ3v) is 4.53. The van der Waals surface area contributed by atoms with Gasteiger partial charge in [0.2, 0.25) is 11.2 Å². The van der Waals surface area contributed by atoms with Gasteiger partial charge in [-0.25, -0.2) is 19.9 Å². The number of hydrogen-bond donors (Lipinski definition) is 2. The molecule has 3 N–H and O–H groups in total. The van der Waals surface area contributed by atoms with Gasteiger partial charge in [0.05, 0.1) is 32.2 Å². The summed E-state index contributed by atoms with van der Waals surface area (Å²) in [5.41, 5.74) is 7.80. The standard InChI is InChI=1S/C16H19ClN8O2/c17-15-22-12(10-5-19-16(18)20-6-10)13-14(23-15)25(9-21-13)8-11(26)7-24-1-3-27-4-2-24/h5-6,9,11,26H,1-4,7-8H2,(H2,18,19,20). The predicted octanol–water partition coefficient (Wildman–Crippen LogP) is 0.212. The molecule has 1 aliphatic heterocycles. The number of rotatable bonds is 5. The van der Waals surface area contributed by atoms with E-state index in [0.717, 1.165) is 13.1 Å². The summed E-state index contributed by atoms with van der Waals surface area (Å²) in [5.74, 6) is 0.173. The molecule has 3 aromatic heterocycles. The highest BCUT2D eigenvalue weighted by Crippen LogP contribution is 2.25. The Morgan fingerprint density at radius 3 is 2.63 bits per heavy atom. The van der Waals surface area contributed by atoms with Crippen molar-refractivity contribution in [3.8, 4) is 11.3 Å². The van der Waals surface area contributed by atoms with E-state index in [0.29, 0.717) is 48.7 Å². The number of fused-ring (bicyclic) bond motifs is 1. The van der Waals surface area contributed by atoms with Crippen LogP contribution in [0, 0.1) is 0 Å². The molecular formula is C16H19ClN8O2. The molecule has 0 aliphatic carbocycles. The normalized spacial score (nSPS) is 16.7. The fraction of sp³-hybridized carbons (Fsp3) is 0.438. The van der Waals surface area contributed by atoms with Gasteiger partial charge in [0.15, 0.2) is 5.65 Å². The Balaban J connectivity index is 1.60. The molecule has 10 nitrogen and oxygen atoms in total. The van der Waals surface area contributed by atoms with Gasteiger partial charge in [-0.1, -0.05) is 0 Å². The molecular weight excluding hydrogens is 372 g/mol. The summed E-state index contributed by atoms with van der Waals surface area (Å²) in [6.45, 7) is 3.92. The molecule has 3 aromatic rings. The molecule has 142 valence electrons. The number of imidazole rings is 1. The zero-order valence-corrected chi connectivity index (χ0v) is 15.2. The number of halogens is 1. The second kappa shape index (κ2) is 7.69. The molecule has 0 bridgehead atoms. The summed E-state index contributed by atoms with van der Waals surface area (Å²) >= 11 is 6.11. The third kappa shape index (κ3) is 3.98. The van der Waals surface area contributed by atoms with Crippen molar-refractivity contribution in [2.24, 2.45) is 0 Å². The Morgan fingerprint density at radius 1 is 1.15 bits per heavy atom. The van der Waals surface area contributed by atoms with E-state index in [1.165, 1.54) is 0 Å². The van der Waals surface area contributed by atoms with Crippen LogP contribution in [0.2, 0.25) is 5.28 Å².